The Labute approximate surface area is 160 Å². The quantitative estimate of drug-likeness (QED) is 0.804. The van der Waals surface area contributed by atoms with E-state index in [2.05, 4.69) is 19.2 Å². The Balaban J connectivity index is 1.66. The molecule has 0 saturated carbocycles. The number of carbonyl (C=O) groups is 1. The van der Waals surface area contributed by atoms with Crippen LogP contribution in [0.25, 0.3) is 0 Å². The summed E-state index contributed by atoms with van der Waals surface area (Å²) in [7, 11) is 1.65. The Kier molecular flexibility index (Phi) is 6.22. The summed E-state index contributed by atoms with van der Waals surface area (Å²) >= 11 is 0. The number of ether oxygens (including phenoxy) is 3. The van der Waals surface area contributed by atoms with Gasteiger partial charge in [0.2, 0.25) is 5.91 Å². The molecule has 0 fully saturated rings. The number of hydrogen-bond acceptors (Lipinski definition) is 4. The lowest BCUT2D eigenvalue weighted by molar-refractivity contribution is -0.122. The summed E-state index contributed by atoms with van der Waals surface area (Å²) in [5, 5.41) is 3.17. The first-order valence-electron chi connectivity index (χ1n) is 9.39. The van der Waals surface area contributed by atoms with Gasteiger partial charge in [0, 0.05) is 6.42 Å². The van der Waals surface area contributed by atoms with Crippen LogP contribution < -0.4 is 19.5 Å². The molecule has 2 aromatic carbocycles. The highest BCUT2D eigenvalue weighted by Gasteiger charge is 2.21. The van der Waals surface area contributed by atoms with E-state index >= 15 is 0 Å². The molecule has 1 atom stereocenters. The van der Waals surface area contributed by atoms with Crippen molar-refractivity contribution in [3.63, 3.8) is 0 Å². The average molecular weight is 369 g/mol. The molecule has 27 heavy (non-hydrogen) atoms. The molecule has 1 amide bonds. The number of fused-ring (bicyclic) bond motifs is 1. The van der Waals surface area contributed by atoms with Crippen molar-refractivity contribution >= 4 is 5.91 Å². The van der Waals surface area contributed by atoms with Crippen molar-refractivity contribution in [3.8, 4) is 17.2 Å². The second-order valence-electron chi connectivity index (χ2n) is 7.00. The number of methoxy groups -OCH3 is 1. The third-order valence-electron chi connectivity index (χ3n) is 4.72. The Morgan fingerprint density at radius 3 is 2.59 bits per heavy atom. The molecule has 1 unspecified atom stereocenters. The summed E-state index contributed by atoms with van der Waals surface area (Å²) in [5.41, 5.74) is 2.07. The average Bonchev–Trinajstić information content (AvgIpc) is 2.70. The van der Waals surface area contributed by atoms with Gasteiger partial charge in [-0.15, -0.1) is 0 Å². The molecule has 144 valence electrons. The molecule has 0 radical (unpaired) electrons. The molecule has 0 saturated heterocycles. The fourth-order valence-corrected chi connectivity index (χ4v) is 3.29. The third kappa shape index (κ3) is 4.73. The lowest BCUT2D eigenvalue weighted by atomic mass is 9.95. The number of benzene rings is 2. The minimum absolute atomic E-state index is 0.0227. The van der Waals surface area contributed by atoms with Crippen molar-refractivity contribution in [2.75, 3.05) is 20.3 Å². The highest BCUT2D eigenvalue weighted by atomic mass is 16.6. The first-order valence-corrected chi connectivity index (χ1v) is 9.39. The topological polar surface area (TPSA) is 56.8 Å². The maximum Gasteiger partial charge on any atom is 0.220 e. The first-order chi connectivity index (χ1) is 13.1. The van der Waals surface area contributed by atoms with E-state index in [4.69, 9.17) is 14.2 Å². The Hall–Kier alpha value is -2.69. The van der Waals surface area contributed by atoms with Crippen LogP contribution in [0.15, 0.2) is 42.5 Å². The van der Waals surface area contributed by atoms with Crippen molar-refractivity contribution in [2.24, 2.45) is 5.92 Å². The lowest BCUT2D eigenvalue weighted by Gasteiger charge is -2.25. The van der Waals surface area contributed by atoms with Crippen molar-refractivity contribution in [2.45, 2.75) is 32.7 Å². The van der Waals surface area contributed by atoms with Crippen LogP contribution in [-0.2, 0) is 11.2 Å². The molecule has 0 aromatic heterocycles. The van der Waals surface area contributed by atoms with Crippen LogP contribution in [0.5, 0.6) is 17.2 Å². The molecule has 5 heteroatoms. The zero-order valence-corrected chi connectivity index (χ0v) is 16.2. The van der Waals surface area contributed by atoms with Crippen LogP contribution in [-0.4, -0.2) is 26.2 Å². The fraction of sp³-hybridized carbons (Fsp3) is 0.409. The molecular weight excluding hydrogens is 342 g/mol. The second-order valence-corrected chi connectivity index (χ2v) is 7.00. The van der Waals surface area contributed by atoms with Crippen molar-refractivity contribution < 1.29 is 19.0 Å². The maximum atomic E-state index is 12.6. The van der Waals surface area contributed by atoms with E-state index in [9.17, 15) is 4.79 Å². The van der Waals surface area contributed by atoms with Crippen LogP contribution in [0.3, 0.4) is 0 Å². The van der Waals surface area contributed by atoms with E-state index in [-0.39, 0.29) is 17.9 Å². The van der Waals surface area contributed by atoms with Gasteiger partial charge in [-0.1, -0.05) is 38.1 Å². The Morgan fingerprint density at radius 2 is 1.85 bits per heavy atom. The number of amides is 1. The molecule has 0 spiro atoms. The van der Waals surface area contributed by atoms with E-state index in [0.29, 0.717) is 26.1 Å². The normalized spacial score (nSPS) is 13.9. The van der Waals surface area contributed by atoms with Gasteiger partial charge >= 0.3 is 0 Å². The molecule has 1 heterocycles. The molecule has 0 aliphatic carbocycles. The standard InChI is InChI=1S/C22H27NO4/c1-15(2)22(17-8-10-19-20(14-17)27-13-12-26-19)23-21(24)11-9-16-6-4-5-7-18(16)25-3/h4-8,10,14-15,22H,9,11-13H2,1-3H3,(H,23,24). The monoisotopic (exact) mass is 369 g/mol. The molecule has 1 N–H and O–H groups in total. The number of hydrogen-bond donors (Lipinski definition) is 1. The van der Waals surface area contributed by atoms with Gasteiger partial charge in [-0.25, -0.2) is 0 Å². The van der Waals surface area contributed by atoms with E-state index in [1.165, 1.54) is 0 Å². The van der Waals surface area contributed by atoms with Crippen molar-refractivity contribution in [1.82, 2.24) is 5.32 Å². The molecule has 2 aromatic rings. The molecule has 5 nitrogen and oxygen atoms in total. The lowest BCUT2D eigenvalue weighted by Crippen LogP contribution is -2.32. The molecular formula is C22H27NO4. The van der Waals surface area contributed by atoms with Gasteiger partial charge in [0.25, 0.3) is 0 Å². The van der Waals surface area contributed by atoms with Gasteiger partial charge < -0.3 is 19.5 Å². The van der Waals surface area contributed by atoms with Gasteiger partial charge in [0.15, 0.2) is 11.5 Å². The minimum atomic E-state index is -0.0778. The largest absolute Gasteiger partial charge is 0.496 e. The summed E-state index contributed by atoms with van der Waals surface area (Å²) in [6, 6.07) is 13.6. The van der Waals surface area contributed by atoms with Gasteiger partial charge in [-0.2, -0.15) is 0 Å². The molecule has 1 aliphatic heterocycles. The van der Waals surface area contributed by atoms with Crippen LogP contribution in [0.4, 0.5) is 0 Å². The highest BCUT2D eigenvalue weighted by Crippen LogP contribution is 2.34. The summed E-state index contributed by atoms with van der Waals surface area (Å²) in [5.74, 6) is 2.59. The number of aryl methyl sites for hydroxylation is 1. The van der Waals surface area contributed by atoms with Gasteiger partial charge in [0.05, 0.1) is 13.2 Å². The van der Waals surface area contributed by atoms with Crippen LogP contribution in [0, 0.1) is 5.92 Å². The zero-order valence-electron chi connectivity index (χ0n) is 16.2. The van der Waals surface area contributed by atoms with E-state index < -0.39 is 0 Å². The number of carbonyl (C=O) groups excluding carboxylic acids is 1. The third-order valence-corrected chi connectivity index (χ3v) is 4.72. The predicted octanol–water partition coefficient (Wildman–Crippen LogP) is 3.91. The summed E-state index contributed by atoms with van der Waals surface area (Å²) in [4.78, 5) is 12.6. The van der Waals surface area contributed by atoms with E-state index in [0.717, 1.165) is 28.4 Å². The van der Waals surface area contributed by atoms with Crippen molar-refractivity contribution in [3.05, 3.63) is 53.6 Å². The van der Waals surface area contributed by atoms with Gasteiger partial charge in [-0.05, 0) is 41.7 Å². The SMILES string of the molecule is COc1ccccc1CCC(=O)NC(c1ccc2c(c1)OCCO2)C(C)C. The highest BCUT2D eigenvalue weighted by molar-refractivity contribution is 5.77. The summed E-state index contributed by atoms with van der Waals surface area (Å²) < 4.78 is 16.6. The predicted molar refractivity (Wildman–Crippen MR) is 104 cm³/mol. The van der Waals surface area contributed by atoms with E-state index in [1.54, 1.807) is 7.11 Å². The van der Waals surface area contributed by atoms with Crippen molar-refractivity contribution in [1.29, 1.82) is 0 Å². The van der Waals surface area contributed by atoms with Gasteiger partial charge in [0.1, 0.15) is 19.0 Å². The van der Waals surface area contributed by atoms with Gasteiger partial charge in [-0.3, -0.25) is 4.79 Å². The fourth-order valence-electron chi connectivity index (χ4n) is 3.29. The number of para-hydroxylation sites is 1. The van der Waals surface area contributed by atoms with Crippen LogP contribution in [0.2, 0.25) is 0 Å². The minimum Gasteiger partial charge on any atom is -0.496 e. The maximum absolute atomic E-state index is 12.6. The van der Waals surface area contributed by atoms with Crippen LogP contribution in [0.1, 0.15) is 37.4 Å². The Morgan fingerprint density at radius 1 is 1.11 bits per heavy atom. The zero-order chi connectivity index (χ0) is 19.2. The molecule has 1 aliphatic rings. The molecule has 3 rings (SSSR count). The second kappa shape index (κ2) is 8.80. The Bertz CT molecular complexity index is 788. The number of rotatable bonds is 7. The number of nitrogens with one attached hydrogen (secondary N) is 1. The smallest absolute Gasteiger partial charge is 0.220 e. The van der Waals surface area contributed by atoms with Crippen LogP contribution >= 0.6 is 0 Å². The first kappa shape index (κ1) is 19.1. The summed E-state index contributed by atoms with van der Waals surface area (Å²) in [6.45, 7) is 5.32. The summed E-state index contributed by atoms with van der Waals surface area (Å²) in [6.07, 6.45) is 1.05. The van der Waals surface area contributed by atoms with E-state index in [1.807, 2.05) is 42.5 Å². The molecule has 0 bridgehead atoms.